The molecule has 1 saturated carbocycles. The Hall–Kier alpha value is -1.10. The molecular formula is C21H29NO3. The summed E-state index contributed by atoms with van der Waals surface area (Å²) in [6.45, 7) is 4.68. The highest BCUT2D eigenvalue weighted by Gasteiger charge is 2.65. The van der Waals surface area contributed by atoms with Crippen LogP contribution in [0.25, 0.3) is 0 Å². The van der Waals surface area contributed by atoms with Crippen molar-refractivity contribution in [2.24, 2.45) is 5.92 Å². The molecule has 0 N–H and O–H groups in total. The topological polar surface area (TPSA) is 30.9 Å². The Bertz CT molecular complexity index is 690. The summed E-state index contributed by atoms with van der Waals surface area (Å²) in [5, 5.41) is 0. The van der Waals surface area contributed by atoms with Crippen molar-refractivity contribution < 1.29 is 14.2 Å². The standard InChI is InChI=1S/C21H29NO3/c1-13-4-5-14-12-16-15-6-7-17(24-11-10-23-3)20-21(15,8-9-22(16)2)18(14)19(13)25-20/h4-5,15-17,20H,6-12H2,1-3H3/t15?,16-,17+,20+,21+/m1/s1. The van der Waals surface area contributed by atoms with Crippen LogP contribution in [0.15, 0.2) is 12.1 Å². The minimum absolute atomic E-state index is 0.169. The van der Waals surface area contributed by atoms with Gasteiger partial charge in [-0.1, -0.05) is 12.1 Å². The van der Waals surface area contributed by atoms with E-state index in [1.807, 2.05) is 0 Å². The Morgan fingerprint density at radius 1 is 1.28 bits per heavy atom. The molecule has 1 unspecified atom stereocenters. The van der Waals surface area contributed by atoms with Gasteiger partial charge in [-0.05, 0) is 63.2 Å². The number of likely N-dealkylation sites (tertiary alicyclic amines) is 1. The van der Waals surface area contributed by atoms with Gasteiger partial charge in [-0.15, -0.1) is 0 Å². The largest absolute Gasteiger partial charge is 0.486 e. The van der Waals surface area contributed by atoms with E-state index >= 15 is 0 Å². The normalized spacial score (nSPS) is 38.4. The number of benzene rings is 1. The lowest BCUT2D eigenvalue weighted by Crippen LogP contribution is -2.66. The van der Waals surface area contributed by atoms with Crippen molar-refractivity contribution in [2.45, 2.75) is 56.3 Å². The van der Waals surface area contributed by atoms with E-state index in [0.29, 0.717) is 25.2 Å². The van der Waals surface area contributed by atoms with Gasteiger partial charge in [0, 0.05) is 24.1 Å². The van der Waals surface area contributed by atoms with Crippen LogP contribution < -0.4 is 4.74 Å². The summed E-state index contributed by atoms with van der Waals surface area (Å²) in [6, 6.07) is 5.26. The lowest BCUT2D eigenvalue weighted by atomic mass is 9.51. The number of aryl methyl sites for hydroxylation is 1. The van der Waals surface area contributed by atoms with Crippen molar-refractivity contribution in [1.29, 1.82) is 0 Å². The van der Waals surface area contributed by atoms with Gasteiger partial charge in [0.05, 0.1) is 19.3 Å². The molecule has 4 heteroatoms. The Kier molecular flexibility index (Phi) is 3.67. The number of piperidine rings is 1. The number of nitrogens with zero attached hydrogens (tertiary/aromatic N) is 1. The molecule has 1 saturated heterocycles. The van der Waals surface area contributed by atoms with Crippen LogP contribution in [-0.2, 0) is 21.3 Å². The van der Waals surface area contributed by atoms with E-state index < -0.39 is 0 Å². The summed E-state index contributed by atoms with van der Waals surface area (Å²) in [5.41, 5.74) is 4.52. The lowest BCUT2D eigenvalue weighted by Gasteiger charge is -2.58. The summed E-state index contributed by atoms with van der Waals surface area (Å²) in [6.07, 6.45) is 5.09. The molecule has 1 aromatic carbocycles. The molecule has 1 spiro atoms. The first-order valence-electron chi connectivity index (χ1n) is 9.77. The smallest absolute Gasteiger partial charge is 0.135 e. The summed E-state index contributed by atoms with van der Waals surface area (Å²) < 4.78 is 18.2. The monoisotopic (exact) mass is 343 g/mol. The van der Waals surface area contributed by atoms with Gasteiger partial charge >= 0.3 is 0 Å². The summed E-state index contributed by atoms with van der Waals surface area (Å²) in [5.74, 6) is 1.88. The second-order valence-electron chi connectivity index (χ2n) is 8.41. The van der Waals surface area contributed by atoms with Crippen LogP contribution in [0.5, 0.6) is 5.75 Å². The first-order valence-corrected chi connectivity index (χ1v) is 9.77. The van der Waals surface area contributed by atoms with E-state index in [0.717, 1.165) is 6.42 Å². The van der Waals surface area contributed by atoms with Crippen LogP contribution in [0.4, 0.5) is 0 Å². The molecule has 1 aromatic rings. The first-order chi connectivity index (χ1) is 12.2. The molecule has 4 nitrogen and oxygen atoms in total. The molecule has 0 amide bonds. The van der Waals surface area contributed by atoms with Crippen molar-refractivity contribution in [2.75, 3.05) is 33.9 Å². The predicted octanol–water partition coefficient (Wildman–Crippen LogP) is 2.70. The molecule has 2 fully saturated rings. The van der Waals surface area contributed by atoms with Crippen molar-refractivity contribution in [3.05, 3.63) is 28.8 Å². The molecule has 4 aliphatic rings. The molecular weight excluding hydrogens is 314 g/mol. The Morgan fingerprint density at radius 3 is 3.00 bits per heavy atom. The van der Waals surface area contributed by atoms with Gasteiger partial charge in [-0.25, -0.2) is 0 Å². The maximum Gasteiger partial charge on any atom is 0.135 e. The van der Waals surface area contributed by atoms with Crippen LogP contribution in [0, 0.1) is 12.8 Å². The molecule has 2 heterocycles. The van der Waals surface area contributed by atoms with Crippen molar-refractivity contribution >= 4 is 0 Å². The number of likely N-dealkylation sites (N-methyl/N-ethyl adjacent to an activating group) is 1. The zero-order valence-electron chi connectivity index (χ0n) is 15.6. The number of ether oxygens (including phenoxy) is 3. The Balaban J connectivity index is 1.60. The molecule has 5 atom stereocenters. The third kappa shape index (κ3) is 2.05. The molecule has 5 rings (SSSR count). The van der Waals surface area contributed by atoms with E-state index in [2.05, 4.69) is 31.0 Å². The van der Waals surface area contributed by atoms with E-state index in [1.165, 1.54) is 42.7 Å². The van der Waals surface area contributed by atoms with E-state index in [1.54, 1.807) is 12.7 Å². The van der Waals surface area contributed by atoms with Crippen LogP contribution >= 0.6 is 0 Å². The molecule has 136 valence electrons. The maximum absolute atomic E-state index is 6.70. The predicted molar refractivity (Wildman–Crippen MR) is 96.4 cm³/mol. The number of hydrogen-bond donors (Lipinski definition) is 0. The highest BCUT2D eigenvalue weighted by molar-refractivity contribution is 5.58. The van der Waals surface area contributed by atoms with Crippen molar-refractivity contribution in [1.82, 2.24) is 4.90 Å². The minimum Gasteiger partial charge on any atom is -0.486 e. The van der Waals surface area contributed by atoms with E-state index in [9.17, 15) is 0 Å². The summed E-state index contributed by atoms with van der Waals surface area (Å²) >= 11 is 0. The van der Waals surface area contributed by atoms with Gasteiger partial charge < -0.3 is 19.1 Å². The van der Waals surface area contributed by atoms with Gasteiger partial charge in [0.1, 0.15) is 11.9 Å². The SMILES string of the molecule is COCCO[C@H]1CCC2[C@H]3Cc4ccc(C)c5c4[C@@]2(CCN3C)[C@H]1O5. The summed E-state index contributed by atoms with van der Waals surface area (Å²) in [7, 11) is 4.04. The lowest BCUT2D eigenvalue weighted by molar-refractivity contribution is -0.127. The molecule has 2 bridgehead atoms. The molecule has 0 aromatic heterocycles. The van der Waals surface area contributed by atoms with E-state index in [4.69, 9.17) is 14.2 Å². The van der Waals surface area contributed by atoms with Crippen molar-refractivity contribution in [3.8, 4) is 5.75 Å². The highest BCUT2D eigenvalue weighted by atomic mass is 16.6. The fraction of sp³-hybridized carbons (Fsp3) is 0.714. The van der Waals surface area contributed by atoms with E-state index in [-0.39, 0.29) is 17.6 Å². The highest BCUT2D eigenvalue weighted by Crippen LogP contribution is 2.62. The summed E-state index contributed by atoms with van der Waals surface area (Å²) in [4.78, 5) is 2.60. The molecule has 0 radical (unpaired) electrons. The maximum atomic E-state index is 6.70. The third-order valence-corrected chi connectivity index (χ3v) is 7.38. The first kappa shape index (κ1) is 16.1. The average molecular weight is 343 g/mol. The van der Waals surface area contributed by atoms with Gasteiger partial charge in [0.15, 0.2) is 0 Å². The minimum atomic E-state index is 0.169. The van der Waals surface area contributed by atoms with Crippen LogP contribution in [-0.4, -0.2) is 57.1 Å². The second-order valence-corrected chi connectivity index (χ2v) is 8.41. The van der Waals surface area contributed by atoms with Crippen molar-refractivity contribution in [3.63, 3.8) is 0 Å². The third-order valence-electron chi connectivity index (χ3n) is 7.38. The fourth-order valence-electron chi connectivity index (χ4n) is 6.29. The fourth-order valence-corrected chi connectivity index (χ4v) is 6.29. The quantitative estimate of drug-likeness (QED) is 0.787. The zero-order valence-corrected chi connectivity index (χ0v) is 15.6. The number of hydrogen-bond acceptors (Lipinski definition) is 4. The van der Waals surface area contributed by atoms with Crippen LogP contribution in [0.3, 0.4) is 0 Å². The van der Waals surface area contributed by atoms with Crippen LogP contribution in [0.2, 0.25) is 0 Å². The van der Waals surface area contributed by atoms with Gasteiger partial charge in [-0.3, -0.25) is 0 Å². The number of rotatable bonds is 4. The zero-order chi connectivity index (χ0) is 17.2. The number of methoxy groups -OCH3 is 1. The molecule has 2 aliphatic carbocycles. The molecule has 25 heavy (non-hydrogen) atoms. The van der Waals surface area contributed by atoms with Gasteiger partial charge in [-0.2, -0.15) is 0 Å². The Morgan fingerprint density at radius 2 is 2.16 bits per heavy atom. The molecule has 2 aliphatic heterocycles. The second kappa shape index (κ2) is 5.70. The average Bonchev–Trinajstić information content (AvgIpc) is 2.97. The van der Waals surface area contributed by atoms with Gasteiger partial charge in [0.2, 0.25) is 0 Å². The van der Waals surface area contributed by atoms with Crippen LogP contribution in [0.1, 0.15) is 36.0 Å². The van der Waals surface area contributed by atoms with Gasteiger partial charge in [0.25, 0.3) is 0 Å². The Labute approximate surface area is 150 Å².